The number of benzene rings is 2. The fourth-order valence-corrected chi connectivity index (χ4v) is 2.46. The van der Waals surface area contributed by atoms with Gasteiger partial charge in [-0.3, -0.25) is 0 Å². The van der Waals surface area contributed by atoms with Crippen LogP contribution in [-0.2, 0) is 6.42 Å². The number of ether oxygens (including phenoxy) is 2. The molecule has 3 rings (SSSR count). The minimum absolute atomic E-state index is 0.405. The predicted octanol–water partition coefficient (Wildman–Crippen LogP) is 3.29. The summed E-state index contributed by atoms with van der Waals surface area (Å²) in [5.41, 5.74) is 2.05. The summed E-state index contributed by atoms with van der Waals surface area (Å²) in [6.45, 7) is 0.762. The molecule has 26 heavy (non-hydrogen) atoms. The van der Waals surface area contributed by atoms with E-state index in [1.807, 2.05) is 36.4 Å². The highest BCUT2D eigenvalue weighted by Gasteiger charge is 2.06. The predicted molar refractivity (Wildman–Crippen MR) is 101 cm³/mol. The molecule has 0 aliphatic rings. The number of aromatic nitrogens is 3. The van der Waals surface area contributed by atoms with Gasteiger partial charge in [-0.25, -0.2) is 0 Å². The molecular formula is C19H21N5O2. The SMILES string of the molecule is COc1ccc(Nc2nncc(NCCc3ccccc3)n2)cc1OC. The second-order valence-electron chi connectivity index (χ2n) is 5.52. The molecule has 3 aromatic rings. The van der Waals surface area contributed by atoms with E-state index in [1.54, 1.807) is 20.4 Å². The van der Waals surface area contributed by atoms with E-state index < -0.39 is 0 Å². The van der Waals surface area contributed by atoms with Crippen LogP contribution in [0.4, 0.5) is 17.5 Å². The highest BCUT2D eigenvalue weighted by molar-refractivity contribution is 5.60. The van der Waals surface area contributed by atoms with Crippen molar-refractivity contribution in [1.82, 2.24) is 15.2 Å². The number of nitrogens with zero attached hydrogens (tertiary/aromatic N) is 3. The molecule has 0 atom stereocenters. The van der Waals surface area contributed by atoms with Crippen molar-refractivity contribution in [2.24, 2.45) is 0 Å². The first-order valence-corrected chi connectivity index (χ1v) is 8.25. The second-order valence-corrected chi connectivity index (χ2v) is 5.52. The average Bonchev–Trinajstić information content (AvgIpc) is 2.69. The zero-order valence-electron chi connectivity index (χ0n) is 14.8. The maximum atomic E-state index is 5.30. The van der Waals surface area contributed by atoms with Gasteiger partial charge in [-0.1, -0.05) is 30.3 Å². The number of hydrogen-bond acceptors (Lipinski definition) is 7. The van der Waals surface area contributed by atoms with Crippen molar-refractivity contribution in [3.05, 3.63) is 60.3 Å². The van der Waals surface area contributed by atoms with Gasteiger partial charge in [0.05, 0.1) is 20.4 Å². The Morgan fingerprint density at radius 3 is 2.54 bits per heavy atom. The molecule has 134 valence electrons. The molecule has 0 spiro atoms. The molecule has 0 saturated carbocycles. The van der Waals surface area contributed by atoms with E-state index in [0.29, 0.717) is 23.3 Å². The molecule has 0 radical (unpaired) electrons. The molecule has 2 N–H and O–H groups in total. The van der Waals surface area contributed by atoms with Crippen LogP contribution in [0.5, 0.6) is 11.5 Å². The zero-order chi connectivity index (χ0) is 18.2. The van der Waals surface area contributed by atoms with Gasteiger partial charge in [0.1, 0.15) is 0 Å². The molecule has 1 heterocycles. The lowest BCUT2D eigenvalue weighted by atomic mass is 10.1. The maximum Gasteiger partial charge on any atom is 0.249 e. The summed E-state index contributed by atoms with van der Waals surface area (Å²) in [6, 6.07) is 15.8. The third-order valence-electron chi connectivity index (χ3n) is 3.76. The molecule has 2 aromatic carbocycles. The summed E-state index contributed by atoms with van der Waals surface area (Å²) in [5.74, 6) is 2.36. The maximum absolute atomic E-state index is 5.30. The van der Waals surface area contributed by atoms with Crippen molar-refractivity contribution in [2.75, 3.05) is 31.4 Å². The third-order valence-corrected chi connectivity index (χ3v) is 3.76. The summed E-state index contributed by atoms with van der Waals surface area (Å²) in [7, 11) is 3.19. The topological polar surface area (TPSA) is 81.2 Å². The largest absolute Gasteiger partial charge is 0.493 e. The molecular weight excluding hydrogens is 330 g/mol. The van der Waals surface area contributed by atoms with Gasteiger partial charge < -0.3 is 20.1 Å². The van der Waals surface area contributed by atoms with Gasteiger partial charge in [0.2, 0.25) is 5.95 Å². The van der Waals surface area contributed by atoms with Crippen LogP contribution in [0.25, 0.3) is 0 Å². The second kappa shape index (κ2) is 8.66. The van der Waals surface area contributed by atoms with Gasteiger partial charge in [-0.2, -0.15) is 10.1 Å². The number of methoxy groups -OCH3 is 2. The molecule has 7 nitrogen and oxygen atoms in total. The Bertz CT molecular complexity index is 842. The summed E-state index contributed by atoms with van der Waals surface area (Å²) in [6.07, 6.45) is 2.51. The average molecular weight is 351 g/mol. The first-order valence-electron chi connectivity index (χ1n) is 8.25. The summed E-state index contributed by atoms with van der Waals surface area (Å²) >= 11 is 0. The fourth-order valence-electron chi connectivity index (χ4n) is 2.46. The van der Waals surface area contributed by atoms with E-state index in [1.165, 1.54) is 5.56 Å². The van der Waals surface area contributed by atoms with Crippen LogP contribution >= 0.6 is 0 Å². The van der Waals surface area contributed by atoms with Crippen LogP contribution in [0.3, 0.4) is 0 Å². The number of nitrogens with one attached hydrogen (secondary N) is 2. The molecule has 0 aliphatic carbocycles. The van der Waals surface area contributed by atoms with Crippen LogP contribution in [0.1, 0.15) is 5.56 Å². The van der Waals surface area contributed by atoms with Gasteiger partial charge >= 0.3 is 0 Å². The lowest BCUT2D eigenvalue weighted by Gasteiger charge is -2.11. The highest BCUT2D eigenvalue weighted by Crippen LogP contribution is 2.30. The lowest BCUT2D eigenvalue weighted by molar-refractivity contribution is 0.355. The summed E-state index contributed by atoms with van der Waals surface area (Å²) in [4.78, 5) is 4.43. The van der Waals surface area contributed by atoms with Crippen molar-refractivity contribution >= 4 is 17.5 Å². The molecule has 1 aromatic heterocycles. The van der Waals surface area contributed by atoms with Gasteiger partial charge in [-0.15, -0.1) is 5.10 Å². The van der Waals surface area contributed by atoms with Crippen LogP contribution in [0, 0.1) is 0 Å². The first kappa shape index (κ1) is 17.5. The monoisotopic (exact) mass is 351 g/mol. The zero-order valence-corrected chi connectivity index (χ0v) is 14.8. The molecule has 0 fully saturated rings. The Labute approximate surface area is 152 Å². The van der Waals surface area contributed by atoms with Crippen molar-refractivity contribution in [1.29, 1.82) is 0 Å². The summed E-state index contributed by atoms with van der Waals surface area (Å²) in [5, 5.41) is 14.4. The fraction of sp³-hybridized carbons (Fsp3) is 0.211. The standard InChI is InChI=1S/C19H21N5O2/c1-25-16-9-8-15(12-17(16)26-2)22-19-23-18(13-21-24-19)20-11-10-14-6-4-3-5-7-14/h3-9,12-13H,10-11H2,1-2H3,(H2,20,22,23,24). The third kappa shape index (κ3) is 4.60. The van der Waals surface area contributed by atoms with Gasteiger partial charge in [0.25, 0.3) is 0 Å². The van der Waals surface area contributed by atoms with Crippen molar-refractivity contribution in [2.45, 2.75) is 6.42 Å². The van der Waals surface area contributed by atoms with Gasteiger partial charge in [-0.05, 0) is 24.1 Å². The molecule has 0 unspecified atom stereocenters. The van der Waals surface area contributed by atoms with Crippen molar-refractivity contribution in [3.63, 3.8) is 0 Å². The van der Waals surface area contributed by atoms with Crippen molar-refractivity contribution in [3.8, 4) is 11.5 Å². The van der Waals surface area contributed by atoms with Crippen LogP contribution < -0.4 is 20.1 Å². The molecule has 0 amide bonds. The van der Waals surface area contributed by atoms with Crippen LogP contribution in [0.15, 0.2) is 54.7 Å². The first-order chi connectivity index (χ1) is 12.8. The van der Waals surface area contributed by atoms with E-state index in [-0.39, 0.29) is 0 Å². The van der Waals surface area contributed by atoms with Crippen LogP contribution in [0.2, 0.25) is 0 Å². The smallest absolute Gasteiger partial charge is 0.249 e. The van der Waals surface area contributed by atoms with E-state index in [9.17, 15) is 0 Å². The molecule has 0 aliphatic heterocycles. The number of anilines is 3. The minimum Gasteiger partial charge on any atom is -0.493 e. The van der Waals surface area contributed by atoms with Gasteiger partial charge in [0.15, 0.2) is 17.3 Å². The van der Waals surface area contributed by atoms with E-state index in [0.717, 1.165) is 18.7 Å². The normalized spacial score (nSPS) is 10.2. The Balaban J connectivity index is 1.62. The molecule has 7 heteroatoms. The van der Waals surface area contributed by atoms with E-state index in [4.69, 9.17) is 9.47 Å². The Morgan fingerprint density at radius 1 is 0.962 bits per heavy atom. The molecule has 0 bridgehead atoms. The Kier molecular flexibility index (Phi) is 5.82. The van der Waals surface area contributed by atoms with Crippen LogP contribution in [-0.4, -0.2) is 35.9 Å². The van der Waals surface area contributed by atoms with Gasteiger partial charge in [0, 0.05) is 18.3 Å². The quantitative estimate of drug-likeness (QED) is 0.644. The molecule has 0 saturated heterocycles. The van der Waals surface area contributed by atoms with E-state index in [2.05, 4.69) is 37.9 Å². The van der Waals surface area contributed by atoms with Crippen molar-refractivity contribution < 1.29 is 9.47 Å². The lowest BCUT2D eigenvalue weighted by Crippen LogP contribution is -2.08. The number of rotatable bonds is 8. The summed E-state index contributed by atoms with van der Waals surface area (Å²) < 4.78 is 10.5. The Morgan fingerprint density at radius 2 is 1.77 bits per heavy atom. The Hall–Kier alpha value is -3.35. The number of hydrogen-bond donors (Lipinski definition) is 2. The van der Waals surface area contributed by atoms with E-state index >= 15 is 0 Å². The minimum atomic E-state index is 0.405. The highest BCUT2D eigenvalue weighted by atomic mass is 16.5.